The van der Waals surface area contributed by atoms with Crippen LogP contribution in [0.4, 0.5) is 8.78 Å². The van der Waals surface area contributed by atoms with Crippen LogP contribution in [0.3, 0.4) is 0 Å². The molecule has 3 rings (SSSR count). The number of nitriles is 1. The number of fused-ring (bicyclic) bond motifs is 1. The standard InChI is InChI=1S/C20H15ClF2N2O2/c1-2-15-13(9-11-3-5-12(10-24)6-4-11)19(27-20(22)23)17-16(26)8-7-14(21)18(17)25-15/h3-8,20,26H,2,9H2,1H3. The van der Waals surface area contributed by atoms with E-state index >= 15 is 0 Å². The van der Waals surface area contributed by atoms with Crippen molar-refractivity contribution in [3.63, 3.8) is 0 Å². The number of phenolic OH excluding ortho intramolecular Hbond substituents is 1. The highest BCUT2D eigenvalue weighted by Crippen LogP contribution is 2.41. The zero-order valence-electron chi connectivity index (χ0n) is 14.3. The molecule has 1 heterocycles. The molecular formula is C20H15ClF2N2O2. The van der Waals surface area contributed by atoms with Gasteiger partial charge in [0.05, 0.1) is 27.6 Å². The molecule has 0 unspecified atom stereocenters. The van der Waals surface area contributed by atoms with Crippen molar-refractivity contribution < 1.29 is 18.6 Å². The third kappa shape index (κ3) is 3.79. The minimum Gasteiger partial charge on any atom is -0.507 e. The van der Waals surface area contributed by atoms with Crippen molar-refractivity contribution in [3.05, 3.63) is 63.8 Å². The van der Waals surface area contributed by atoms with Crippen LogP contribution in [-0.4, -0.2) is 16.7 Å². The summed E-state index contributed by atoms with van der Waals surface area (Å²) in [6.45, 7) is -1.22. The average molecular weight is 389 g/mol. The molecule has 0 spiro atoms. The van der Waals surface area contributed by atoms with Crippen LogP contribution in [0.5, 0.6) is 11.5 Å². The second-order valence-corrected chi connectivity index (χ2v) is 6.28. The Hall–Kier alpha value is -2.91. The van der Waals surface area contributed by atoms with E-state index < -0.39 is 6.61 Å². The van der Waals surface area contributed by atoms with Gasteiger partial charge in [-0.15, -0.1) is 0 Å². The maximum atomic E-state index is 13.1. The molecule has 27 heavy (non-hydrogen) atoms. The number of hydrogen-bond acceptors (Lipinski definition) is 4. The monoisotopic (exact) mass is 388 g/mol. The minimum atomic E-state index is -3.07. The number of ether oxygens (including phenoxy) is 1. The molecule has 0 aliphatic carbocycles. The van der Waals surface area contributed by atoms with E-state index in [1.807, 2.05) is 13.0 Å². The number of aromatic hydroxyl groups is 1. The second-order valence-electron chi connectivity index (χ2n) is 5.87. The predicted molar refractivity (Wildman–Crippen MR) is 98.4 cm³/mol. The van der Waals surface area contributed by atoms with E-state index in [9.17, 15) is 13.9 Å². The number of pyridine rings is 1. The predicted octanol–water partition coefficient (Wildman–Crippen LogP) is 5.22. The molecule has 0 amide bonds. The van der Waals surface area contributed by atoms with Gasteiger partial charge in [-0.2, -0.15) is 14.0 Å². The van der Waals surface area contributed by atoms with Crippen LogP contribution >= 0.6 is 11.6 Å². The number of phenols is 1. The first kappa shape index (κ1) is 18.9. The third-order valence-electron chi connectivity index (χ3n) is 4.21. The number of benzene rings is 2. The molecule has 0 saturated carbocycles. The van der Waals surface area contributed by atoms with Gasteiger partial charge in [0, 0.05) is 17.7 Å². The quantitative estimate of drug-likeness (QED) is 0.650. The van der Waals surface area contributed by atoms with Gasteiger partial charge >= 0.3 is 6.61 Å². The van der Waals surface area contributed by atoms with E-state index in [1.54, 1.807) is 24.3 Å². The fraction of sp³-hybridized carbons (Fsp3) is 0.200. The van der Waals surface area contributed by atoms with Gasteiger partial charge in [0.15, 0.2) is 0 Å². The summed E-state index contributed by atoms with van der Waals surface area (Å²) < 4.78 is 31.1. The van der Waals surface area contributed by atoms with Crippen molar-refractivity contribution in [2.24, 2.45) is 0 Å². The first-order chi connectivity index (χ1) is 12.9. The van der Waals surface area contributed by atoms with E-state index in [4.69, 9.17) is 21.6 Å². The van der Waals surface area contributed by atoms with Crippen molar-refractivity contribution >= 4 is 22.5 Å². The van der Waals surface area contributed by atoms with Gasteiger partial charge in [-0.1, -0.05) is 30.7 Å². The van der Waals surface area contributed by atoms with Crippen LogP contribution in [0.25, 0.3) is 10.9 Å². The number of alkyl halides is 2. The van der Waals surface area contributed by atoms with E-state index in [0.717, 1.165) is 5.56 Å². The number of halogens is 3. The molecule has 138 valence electrons. The highest BCUT2D eigenvalue weighted by Gasteiger charge is 2.22. The summed E-state index contributed by atoms with van der Waals surface area (Å²) in [6, 6.07) is 11.6. The highest BCUT2D eigenvalue weighted by molar-refractivity contribution is 6.35. The summed E-state index contributed by atoms with van der Waals surface area (Å²) in [5.74, 6) is -0.363. The summed E-state index contributed by atoms with van der Waals surface area (Å²) in [6.07, 6.45) is 0.721. The van der Waals surface area contributed by atoms with Gasteiger partial charge in [-0.05, 0) is 36.2 Å². The van der Waals surface area contributed by atoms with Crippen LogP contribution < -0.4 is 4.74 Å². The maximum absolute atomic E-state index is 13.1. The lowest BCUT2D eigenvalue weighted by Gasteiger charge is -2.18. The van der Waals surface area contributed by atoms with Gasteiger partial charge in [0.2, 0.25) is 0 Å². The molecule has 3 aromatic rings. The Balaban J connectivity index is 2.25. The van der Waals surface area contributed by atoms with Crippen LogP contribution in [-0.2, 0) is 12.8 Å². The molecule has 0 aliphatic rings. The molecule has 0 fully saturated rings. The lowest BCUT2D eigenvalue weighted by Crippen LogP contribution is -2.09. The molecule has 0 atom stereocenters. The Morgan fingerprint density at radius 2 is 1.93 bits per heavy atom. The van der Waals surface area contributed by atoms with Crippen molar-refractivity contribution in [2.45, 2.75) is 26.4 Å². The molecule has 0 bridgehead atoms. The van der Waals surface area contributed by atoms with Crippen LogP contribution in [0.15, 0.2) is 36.4 Å². The van der Waals surface area contributed by atoms with Crippen LogP contribution in [0.1, 0.15) is 29.3 Å². The van der Waals surface area contributed by atoms with Crippen molar-refractivity contribution in [3.8, 4) is 17.6 Å². The molecule has 7 heteroatoms. The van der Waals surface area contributed by atoms with Crippen LogP contribution in [0.2, 0.25) is 5.02 Å². The molecule has 1 N–H and O–H groups in total. The molecule has 0 saturated heterocycles. The van der Waals surface area contributed by atoms with E-state index in [1.165, 1.54) is 12.1 Å². The number of nitrogens with zero attached hydrogens (tertiary/aromatic N) is 2. The Bertz CT molecular complexity index is 1030. The maximum Gasteiger partial charge on any atom is 0.387 e. The Kier molecular flexibility index (Phi) is 5.43. The van der Waals surface area contributed by atoms with Gasteiger partial charge < -0.3 is 9.84 Å². The highest BCUT2D eigenvalue weighted by atomic mass is 35.5. The van der Waals surface area contributed by atoms with Gasteiger partial charge in [0.25, 0.3) is 0 Å². The topological polar surface area (TPSA) is 66.1 Å². The Labute approximate surface area is 159 Å². The first-order valence-electron chi connectivity index (χ1n) is 8.21. The summed E-state index contributed by atoms with van der Waals surface area (Å²) in [4.78, 5) is 4.48. The summed E-state index contributed by atoms with van der Waals surface area (Å²) in [7, 11) is 0. The summed E-state index contributed by atoms with van der Waals surface area (Å²) >= 11 is 6.17. The summed E-state index contributed by atoms with van der Waals surface area (Å²) in [5, 5.41) is 19.5. The van der Waals surface area contributed by atoms with E-state index in [-0.39, 0.29) is 33.8 Å². The number of aromatic nitrogens is 1. The van der Waals surface area contributed by atoms with Crippen molar-refractivity contribution in [1.82, 2.24) is 4.98 Å². The van der Waals surface area contributed by atoms with Gasteiger partial charge in [0.1, 0.15) is 11.5 Å². The Morgan fingerprint density at radius 1 is 1.22 bits per heavy atom. The van der Waals surface area contributed by atoms with Crippen LogP contribution in [0, 0.1) is 11.3 Å². The number of aryl methyl sites for hydroxylation is 1. The zero-order chi connectivity index (χ0) is 19.6. The second kappa shape index (κ2) is 7.77. The van der Waals surface area contributed by atoms with Crippen molar-refractivity contribution in [1.29, 1.82) is 5.26 Å². The lowest BCUT2D eigenvalue weighted by molar-refractivity contribution is -0.0494. The first-order valence-corrected chi connectivity index (χ1v) is 8.59. The Morgan fingerprint density at radius 3 is 2.52 bits per heavy atom. The molecular weight excluding hydrogens is 374 g/mol. The van der Waals surface area contributed by atoms with Crippen molar-refractivity contribution in [2.75, 3.05) is 0 Å². The molecule has 4 nitrogen and oxygen atoms in total. The lowest BCUT2D eigenvalue weighted by atomic mass is 9.97. The largest absolute Gasteiger partial charge is 0.507 e. The molecule has 1 aromatic heterocycles. The van der Waals surface area contributed by atoms with E-state index in [0.29, 0.717) is 23.2 Å². The number of hydrogen-bond donors (Lipinski definition) is 1. The summed E-state index contributed by atoms with van der Waals surface area (Å²) in [5.41, 5.74) is 2.51. The SMILES string of the molecule is CCc1nc2c(Cl)ccc(O)c2c(OC(F)F)c1Cc1ccc(C#N)cc1. The number of rotatable bonds is 5. The molecule has 2 aromatic carbocycles. The van der Waals surface area contributed by atoms with Gasteiger partial charge in [-0.25, -0.2) is 0 Å². The zero-order valence-corrected chi connectivity index (χ0v) is 15.1. The molecule has 0 radical (unpaired) electrons. The molecule has 0 aliphatic heterocycles. The fourth-order valence-corrected chi connectivity index (χ4v) is 3.17. The van der Waals surface area contributed by atoms with Gasteiger partial charge in [-0.3, -0.25) is 4.98 Å². The third-order valence-corrected chi connectivity index (χ3v) is 4.51. The van der Waals surface area contributed by atoms with E-state index in [2.05, 4.69) is 4.98 Å². The fourth-order valence-electron chi connectivity index (χ4n) is 2.97. The smallest absolute Gasteiger partial charge is 0.387 e. The normalized spacial score (nSPS) is 11.0. The average Bonchev–Trinajstić information content (AvgIpc) is 2.66. The minimum absolute atomic E-state index is 0.0589.